The number of aromatic nitrogens is 1. The van der Waals surface area contributed by atoms with E-state index < -0.39 is 11.5 Å². The van der Waals surface area contributed by atoms with Gasteiger partial charge in [0.15, 0.2) is 5.17 Å². The minimum Gasteiger partial charge on any atom is -0.353 e. The van der Waals surface area contributed by atoms with Gasteiger partial charge in [-0.3, -0.25) is 14.3 Å². The zero-order valence-electron chi connectivity index (χ0n) is 12.0. The number of nitrogens with zero attached hydrogens (tertiary/aromatic N) is 3. The maximum Gasteiger partial charge on any atom is 0.274 e. The van der Waals surface area contributed by atoms with Crippen LogP contribution in [0.5, 0.6) is 0 Å². The number of fused-ring (bicyclic) bond motifs is 1. The third-order valence-corrected chi connectivity index (χ3v) is 7.11. The van der Waals surface area contributed by atoms with Crippen LogP contribution in [0.15, 0.2) is 20.1 Å². The first-order chi connectivity index (χ1) is 10.5. The van der Waals surface area contributed by atoms with Crippen molar-refractivity contribution in [2.24, 2.45) is 4.99 Å². The van der Waals surface area contributed by atoms with Crippen LogP contribution in [0, 0.1) is 0 Å². The van der Waals surface area contributed by atoms with Crippen LogP contribution in [0.1, 0.15) is 23.3 Å². The highest BCUT2D eigenvalue weighted by molar-refractivity contribution is 9.13. The Balaban J connectivity index is 2.05. The molecule has 0 bridgehead atoms. The van der Waals surface area contributed by atoms with Crippen molar-refractivity contribution in [1.29, 1.82) is 0 Å². The molecule has 1 N–H and O–H groups in total. The van der Waals surface area contributed by atoms with E-state index in [4.69, 9.17) is 9.73 Å². The van der Waals surface area contributed by atoms with Gasteiger partial charge in [-0.15, -0.1) is 0 Å². The molecule has 3 aliphatic rings. The average molecular weight is 450 g/mol. The second-order valence-electron chi connectivity index (χ2n) is 5.48. The molecule has 0 aliphatic carbocycles. The van der Waals surface area contributed by atoms with E-state index in [1.54, 1.807) is 7.11 Å². The highest BCUT2D eigenvalue weighted by Gasteiger charge is 2.69. The lowest BCUT2D eigenvalue weighted by molar-refractivity contribution is -0.176. The van der Waals surface area contributed by atoms with Crippen LogP contribution in [0.25, 0.3) is 0 Å². The van der Waals surface area contributed by atoms with Gasteiger partial charge in [-0.05, 0) is 50.6 Å². The van der Waals surface area contributed by atoms with Crippen LogP contribution < -0.4 is 5.32 Å². The van der Waals surface area contributed by atoms with Crippen molar-refractivity contribution < 1.29 is 9.53 Å². The van der Waals surface area contributed by atoms with Crippen LogP contribution in [0.3, 0.4) is 0 Å². The summed E-state index contributed by atoms with van der Waals surface area (Å²) in [5.41, 5.74) is -0.124. The minimum absolute atomic E-state index is 0.0135. The van der Waals surface area contributed by atoms with E-state index >= 15 is 0 Å². The molecule has 0 saturated carbocycles. The summed E-state index contributed by atoms with van der Waals surface area (Å²) in [4.78, 5) is 19.6. The van der Waals surface area contributed by atoms with Crippen molar-refractivity contribution >= 4 is 54.7 Å². The van der Waals surface area contributed by atoms with E-state index in [0.29, 0.717) is 12.2 Å². The van der Waals surface area contributed by atoms with Gasteiger partial charge in [-0.1, -0.05) is 11.8 Å². The van der Waals surface area contributed by atoms with Gasteiger partial charge in [-0.2, -0.15) is 0 Å². The highest BCUT2D eigenvalue weighted by Crippen LogP contribution is 2.53. The summed E-state index contributed by atoms with van der Waals surface area (Å²) in [6.45, 7) is 0.669. The van der Waals surface area contributed by atoms with Crippen molar-refractivity contribution in [3.05, 3.63) is 20.8 Å². The summed E-state index contributed by atoms with van der Waals surface area (Å²) in [5, 5.41) is 4.19. The summed E-state index contributed by atoms with van der Waals surface area (Å²) < 4.78 is 9.50. The van der Waals surface area contributed by atoms with Crippen molar-refractivity contribution in [1.82, 2.24) is 14.8 Å². The predicted molar refractivity (Wildman–Crippen MR) is 91.9 cm³/mol. The molecule has 1 aromatic heterocycles. The standard InChI is InChI=1S/C13H14Br2N4O2S/c1-21-12-4-3-5-18-10(20)8-6-7(14)9(15)19(8)13(12,18)17-11(16-12)22-2/h6H,3-5H2,1-2H3,(H,16,17)/t12-,13+/m0/s1. The molecule has 118 valence electrons. The molecule has 22 heavy (non-hydrogen) atoms. The summed E-state index contributed by atoms with van der Waals surface area (Å²) >= 11 is 8.62. The molecule has 3 aliphatic heterocycles. The molecule has 6 nitrogen and oxygen atoms in total. The molecule has 0 unspecified atom stereocenters. The maximum absolute atomic E-state index is 12.9. The Morgan fingerprint density at radius 3 is 2.95 bits per heavy atom. The second-order valence-corrected chi connectivity index (χ2v) is 7.88. The van der Waals surface area contributed by atoms with E-state index in [2.05, 4.69) is 37.2 Å². The first-order valence-corrected chi connectivity index (χ1v) is 9.68. The van der Waals surface area contributed by atoms with Crippen molar-refractivity contribution in [3.8, 4) is 0 Å². The van der Waals surface area contributed by atoms with Gasteiger partial charge in [0.25, 0.3) is 11.7 Å². The Labute approximate surface area is 148 Å². The van der Waals surface area contributed by atoms with Gasteiger partial charge in [-0.25, -0.2) is 4.99 Å². The van der Waals surface area contributed by atoms with E-state index in [-0.39, 0.29) is 5.91 Å². The van der Waals surface area contributed by atoms with E-state index in [1.807, 2.05) is 21.8 Å². The van der Waals surface area contributed by atoms with E-state index in [1.165, 1.54) is 11.8 Å². The topological polar surface area (TPSA) is 58.9 Å². The number of rotatable bonds is 1. The van der Waals surface area contributed by atoms with E-state index in [9.17, 15) is 4.79 Å². The van der Waals surface area contributed by atoms with Crippen molar-refractivity contribution in [2.75, 3.05) is 19.9 Å². The Hall–Kier alpha value is -0.510. The van der Waals surface area contributed by atoms with Gasteiger partial charge < -0.3 is 10.1 Å². The molecule has 1 fully saturated rings. The summed E-state index contributed by atoms with van der Waals surface area (Å²) in [6, 6.07) is 1.84. The first kappa shape index (κ1) is 15.0. The molecule has 4 heterocycles. The summed E-state index contributed by atoms with van der Waals surface area (Å²) in [6.07, 6.45) is 3.61. The fraction of sp³-hybridized carbons (Fsp3) is 0.538. The molecule has 0 aromatic carbocycles. The third kappa shape index (κ3) is 1.51. The largest absolute Gasteiger partial charge is 0.353 e. The number of carbonyl (C=O) groups is 1. The van der Waals surface area contributed by atoms with Crippen LogP contribution in [-0.2, 0) is 10.5 Å². The molecule has 1 spiro atoms. The Bertz CT molecular complexity index is 721. The number of aliphatic imine (C=N–C) groups is 1. The minimum atomic E-state index is -0.907. The number of hydrogen-bond donors (Lipinski definition) is 1. The van der Waals surface area contributed by atoms with Gasteiger partial charge in [0.2, 0.25) is 5.72 Å². The van der Waals surface area contributed by atoms with Crippen LogP contribution in [-0.4, -0.2) is 46.2 Å². The first-order valence-electron chi connectivity index (χ1n) is 6.87. The molecule has 9 heteroatoms. The normalized spacial score (nSPS) is 32.5. The van der Waals surface area contributed by atoms with Crippen LogP contribution in [0.4, 0.5) is 0 Å². The number of methoxy groups -OCH3 is 1. The number of hydrogen-bond acceptors (Lipinski definition) is 5. The molecule has 0 radical (unpaired) electrons. The zero-order chi connectivity index (χ0) is 15.7. The fourth-order valence-corrected chi connectivity index (χ4v) is 5.14. The average Bonchev–Trinajstić information content (AvgIpc) is 3.09. The summed E-state index contributed by atoms with van der Waals surface area (Å²) in [7, 11) is 1.67. The molecule has 1 saturated heterocycles. The number of amidine groups is 1. The third-order valence-electron chi connectivity index (χ3n) is 4.61. The zero-order valence-corrected chi connectivity index (χ0v) is 16.0. The SMILES string of the molecule is CO[C@@]12CCCN3C(=O)c4cc(Br)c(Br)n4[C@]31N=C(SC)N2. The maximum atomic E-state index is 12.9. The molecule has 4 rings (SSSR count). The van der Waals surface area contributed by atoms with Crippen LogP contribution >= 0.6 is 43.6 Å². The molecule has 2 atom stereocenters. The number of amides is 1. The Morgan fingerprint density at radius 2 is 2.27 bits per heavy atom. The quantitative estimate of drug-likeness (QED) is 0.715. The number of piperidine rings is 1. The highest BCUT2D eigenvalue weighted by atomic mass is 79.9. The van der Waals surface area contributed by atoms with Crippen molar-refractivity contribution in [3.63, 3.8) is 0 Å². The fourth-order valence-electron chi connectivity index (χ4n) is 3.71. The lowest BCUT2D eigenvalue weighted by atomic mass is 9.93. The molecule has 1 amide bonds. The smallest absolute Gasteiger partial charge is 0.274 e. The molecular weight excluding hydrogens is 436 g/mol. The Kier molecular flexibility index (Phi) is 3.25. The van der Waals surface area contributed by atoms with Gasteiger partial charge in [0.05, 0.1) is 4.47 Å². The number of carbonyl (C=O) groups excluding carboxylic acids is 1. The van der Waals surface area contributed by atoms with Crippen molar-refractivity contribution in [2.45, 2.75) is 24.4 Å². The van der Waals surface area contributed by atoms with Gasteiger partial charge in [0.1, 0.15) is 10.3 Å². The predicted octanol–water partition coefficient (Wildman–Crippen LogP) is 2.54. The number of nitrogens with one attached hydrogen (secondary N) is 1. The monoisotopic (exact) mass is 448 g/mol. The van der Waals surface area contributed by atoms with E-state index in [0.717, 1.165) is 27.1 Å². The lowest BCUT2D eigenvalue weighted by Gasteiger charge is -2.49. The van der Waals surface area contributed by atoms with Crippen LogP contribution in [0.2, 0.25) is 0 Å². The number of halogens is 2. The molecule has 1 aromatic rings. The number of ether oxygens (including phenoxy) is 1. The van der Waals surface area contributed by atoms with Gasteiger partial charge >= 0.3 is 0 Å². The van der Waals surface area contributed by atoms with Gasteiger partial charge in [0, 0.05) is 20.1 Å². The second kappa shape index (κ2) is 4.75. The lowest BCUT2D eigenvalue weighted by Crippen LogP contribution is -2.68. The Morgan fingerprint density at radius 1 is 1.50 bits per heavy atom. The number of thioether (sulfide) groups is 1. The molecular formula is C13H14Br2N4O2S. The summed E-state index contributed by atoms with van der Waals surface area (Å²) in [5.74, 6) is -0.921.